The van der Waals surface area contributed by atoms with Crippen molar-refractivity contribution in [3.05, 3.63) is 18.3 Å². The zero-order valence-corrected chi connectivity index (χ0v) is 18.5. The van der Waals surface area contributed by atoms with Crippen LogP contribution in [0.2, 0.25) is 0 Å². The van der Waals surface area contributed by atoms with Crippen LogP contribution < -0.4 is 10.6 Å². The van der Waals surface area contributed by atoms with Crippen LogP contribution in [-0.4, -0.2) is 31.6 Å². The lowest BCUT2D eigenvalue weighted by Gasteiger charge is -2.20. The van der Waals surface area contributed by atoms with Crippen molar-refractivity contribution in [1.29, 1.82) is 0 Å². The first-order chi connectivity index (χ1) is 15.5. The molecule has 0 aromatic carbocycles. The van der Waals surface area contributed by atoms with Crippen LogP contribution in [0.25, 0.3) is 11.4 Å². The number of nitrogens with one attached hydrogen (secondary N) is 2. The number of fused-ring (bicyclic) bond motifs is 4. The van der Waals surface area contributed by atoms with Crippen molar-refractivity contribution >= 4 is 23.6 Å². The Morgan fingerprint density at radius 2 is 1.59 bits per heavy atom. The van der Waals surface area contributed by atoms with Gasteiger partial charge in [0, 0.05) is 30.6 Å². The number of aromatic nitrogens is 4. The SMILES string of the molecule is Cn1nc(-c2ccnc(NC(=O)C3CC4CCC3C4)c2)nc1NC(=O)C1CC2CCC1C2. The molecule has 2 aromatic heterocycles. The second kappa shape index (κ2) is 7.67. The van der Waals surface area contributed by atoms with E-state index in [1.165, 1.54) is 38.5 Å². The summed E-state index contributed by atoms with van der Waals surface area (Å²) in [6, 6.07) is 3.63. The lowest BCUT2D eigenvalue weighted by atomic mass is 9.88. The molecule has 32 heavy (non-hydrogen) atoms. The number of hydrogen-bond donors (Lipinski definition) is 2. The number of anilines is 2. The molecule has 4 saturated carbocycles. The van der Waals surface area contributed by atoms with Crippen LogP contribution in [0.5, 0.6) is 0 Å². The Bertz CT molecular complexity index is 1060. The fourth-order valence-corrected chi connectivity index (χ4v) is 6.81. The van der Waals surface area contributed by atoms with Gasteiger partial charge >= 0.3 is 0 Å². The minimum Gasteiger partial charge on any atom is -0.310 e. The van der Waals surface area contributed by atoms with Gasteiger partial charge in [0.05, 0.1) is 0 Å². The summed E-state index contributed by atoms with van der Waals surface area (Å²) in [6.45, 7) is 0. The van der Waals surface area contributed by atoms with Gasteiger partial charge in [-0.15, -0.1) is 5.10 Å². The average molecular weight is 435 g/mol. The molecule has 4 bridgehead atoms. The van der Waals surface area contributed by atoms with E-state index < -0.39 is 0 Å². The highest BCUT2D eigenvalue weighted by molar-refractivity contribution is 5.93. The zero-order chi connectivity index (χ0) is 21.8. The molecule has 0 aliphatic heterocycles. The minimum absolute atomic E-state index is 0.0628. The minimum atomic E-state index is 0.0628. The van der Waals surface area contributed by atoms with Gasteiger partial charge in [0.25, 0.3) is 0 Å². The summed E-state index contributed by atoms with van der Waals surface area (Å²) < 4.78 is 1.61. The molecule has 4 aliphatic rings. The number of carbonyl (C=O) groups excluding carboxylic acids is 2. The van der Waals surface area contributed by atoms with Gasteiger partial charge in [-0.3, -0.25) is 14.9 Å². The van der Waals surface area contributed by atoms with Gasteiger partial charge in [-0.25, -0.2) is 9.67 Å². The van der Waals surface area contributed by atoms with E-state index in [0.29, 0.717) is 29.4 Å². The largest absolute Gasteiger partial charge is 0.310 e. The van der Waals surface area contributed by atoms with Crippen molar-refractivity contribution in [3.63, 3.8) is 0 Å². The Hall–Kier alpha value is -2.77. The first kappa shape index (κ1) is 19.9. The van der Waals surface area contributed by atoms with E-state index in [4.69, 9.17) is 0 Å². The van der Waals surface area contributed by atoms with Gasteiger partial charge in [0.15, 0.2) is 5.82 Å². The van der Waals surface area contributed by atoms with Crippen molar-refractivity contribution in [2.75, 3.05) is 10.6 Å². The van der Waals surface area contributed by atoms with Gasteiger partial charge in [-0.2, -0.15) is 4.98 Å². The summed E-state index contributed by atoms with van der Waals surface area (Å²) in [4.78, 5) is 34.5. The van der Waals surface area contributed by atoms with Crippen LogP contribution in [0.15, 0.2) is 18.3 Å². The topological polar surface area (TPSA) is 102 Å². The molecule has 8 heteroatoms. The predicted molar refractivity (Wildman–Crippen MR) is 119 cm³/mol. The highest BCUT2D eigenvalue weighted by atomic mass is 16.2. The van der Waals surface area contributed by atoms with E-state index in [0.717, 1.165) is 30.2 Å². The Balaban J connectivity index is 1.14. The molecule has 2 heterocycles. The van der Waals surface area contributed by atoms with Gasteiger partial charge in [0.2, 0.25) is 17.8 Å². The second-order valence-electron chi connectivity index (χ2n) is 10.4. The van der Waals surface area contributed by atoms with E-state index in [2.05, 4.69) is 25.7 Å². The van der Waals surface area contributed by atoms with Crippen molar-refractivity contribution < 1.29 is 9.59 Å². The van der Waals surface area contributed by atoms with Gasteiger partial charge < -0.3 is 5.32 Å². The van der Waals surface area contributed by atoms with Crippen LogP contribution in [0.3, 0.4) is 0 Å². The molecule has 8 nitrogen and oxygen atoms in total. The third-order valence-electron chi connectivity index (χ3n) is 8.42. The summed E-state index contributed by atoms with van der Waals surface area (Å²) in [5, 5.41) is 10.5. The number of hydrogen-bond acceptors (Lipinski definition) is 5. The van der Waals surface area contributed by atoms with Gasteiger partial charge in [-0.1, -0.05) is 12.8 Å². The van der Waals surface area contributed by atoms with E-state index in [-0.39, 0.29) is 23.7 Å². The molecular formula is C24H30N6O2. The van der Waals surface area contributed by atoms with Crippen molar-refractivity contribution in [2.24, 2.45) is 42.6 Å². The maximum Gasteiger partial charge on any atom is 0.230 e. The smallest absolute Gasteiger partial charge is 0.230 e. The predicted octanol–water partition coefficient (Wildman–Crippen LogP) is 3.63. The molecule has 6 unspecified atom stereocenters. The lowest BCUT2D eigenvalue weighted by molar-refractivity contribution is -0.122. The Kier molecular flexibility index (Phi) is 4.77. The van der Waals surface area contributed by atoms with Crippen LogP contribution in [0.4, 0.5) is 11.8 Å². The molecule has 0 spiro atoms. The highest BCUT2D eigenvalue weighted by Gasteiger charge is 2.44. The van der Waals surface area contributed by atoms with E-state index in [1.54, 1.807) is 17.9 Å². The Morgan fingerprint density at radius 3 is 2.19 bits per heavy atom. The molecule has 6 atom stereocenters. The van der Waals surface area contributed by atoms with E-state index in [1.807, 2.05) is 12.1 Å². The highest BCUT2D eigenvalue weighted by Crippen LogP contribution is 2.49. The molecule has 4 aliphatic carbocycles. The fraction of sp³-hybridized carbons (Fsp3) is 0.625. The van der Waals surface area contributed by atoms with Gasteiger partial charge in [0.1, 0.15) is 5.82 Å². The third-order valence-corrected chi connectivity index (χ3v) is 8.42. The first-order valence-corrected chi connectivity index (χ1v) is 12.0. The van der Waals surface area contributed by atoms with Crippen LogP contribution in [0.1, 0.15) is 51.4 Å². The number of carbonyl (C=O) groups is 2. The number of aryl methyl sites for hydroxylation is 1. The quantitative estimate of drug-likeness (QED) is 0.748. The maximum atomic E-state index is 12.8. The van der Waals surface area contributed by atoms with Crippen LogP contribution in [-0.2, 0) is 16.6 Å². The summed E-state index contributed by atoms with van der Waals surface area (Å²) in [5.41, 5.74) is 0.763. The number of pyridine rings is 1. The molecule has 4 fully saturated rings. The molecule has 2 N–H and O–H groups in total. The summed E-state index contributed by atoms with van der Waals surface area (Å²) in [6.07, 6.45) is 10.9. The molecule has 0 radical (unpaired) electrons. The van der Waals surface area contributed by atoms with Crippen LogP contribution >= 0.6 is 0 Å². The number of rotatable bonds is 5. The molecule has 6 rings (SSSR count). The molecule has 2 amide bonds. The molecular weight excluding hydrogens is 404 g/mol. The first-order valence-electron chi connectivity index (χ1n) is 12.0. The Morgan fingerprint density at radius 1 is 0.938 bits per heavy atom. The summed E-state index contributed by atoms with van der Waals surface area (Å²) in [5.74, 6) is 4.33. The third kappa shape index (κ3) is 3.49. The molecule has 2 aromatic rings. The second-order valence-corrected chi connectivity index (χ2v) is 10.4. The standard InChI is InChI=1S/C24H30N6O2/c1-30-24(28-23(32)19-11-14-3-5-16(19)9-14)27-21(29-30)17-6-7-25-20(12-17)26-22(31)18-10-13-2-4-15(18)8-13/h6-7,12-16,18-19H,2-5,8-11H2,1H3,(H,25,26,31)(H,27,28,29,32). The van der Waals surface area contributed by atoms with Crippen LogP contribution in [0, 0.1) is 35.5 Å². The number of nitrogens with zero attached hydrogens (tertiary/aromatic N) is 4. The van der Waals surface area contributed by atoms with Crippen molar-refractivity contribution in [3.8, 4) is 11.4 Å². The average Bonchev–Trinajstić information content (AvgIpc) is 3.61. The Labute approximate surface area is 187 Å². The fourth-order valence-electron chi connectivity index (χ4n) is 6.81. The van der Waals surface area contributed by atoms with E-state index in [9.17, 15) is 9.59 Å². The van der Waals surface area contributed by atoms with Crippen molar-refractivity contribution in [2.45, 2.75) is 51.4 Å². The number of amides is 2. The van der Waals surface area contributed by atoms with E-state index >= 15 is 0 Å². The summed E-state index contributed by atoms with van der Waals surface area (Å²) >= 11 is 0. The monoisotopic (exact) mass is 434 g/mol. The van der Waals surface area contributed by atoms with Gasteiger partial charge in [-0.05, 0) is 74.3 Å². The normalized spacial score (nSPS) is 32.4. The van der Waals surface area contributed by atoms with Crippen molar-refractivity contribution in [1.82, 2.24) is 19.7 Å². The lowest BCUT2D eigenvalue weighted by Crippen LogP contribution is -2.28. The zero-order valence-electron chi connectivity index (χ0n) is 18.5. The maximum absolute atomic E-state index is 12.8. The molecule has 168 valence electrons. The molecule has 0 saturated heterocycles. The summed E-state index contributed by atoms with van der Waals surface area (Å²) in [7, 11) is 1.78.